The minimum atomic E-state index is -1.65. The lowest BCUT2D eigenvalue weighted by Gasteiger charge is -2.31. The van der Waals surface area contributed by atoms with Gasteiger partial charge in [0.05, 0.1) is 14.2 Å². The number of amides is 4. The van der Waals surface area contributed by atoms with Crippen molar-refractivity contribution in [1.82, 2.24) is 10.6 Å². The highest BCUT2D eigenvalue weighted by Crippen LogP contribution is 2.23. The Morgan fingerprint density at radius 1 is 0.571 bits per heavy atom. The van der Waals surface area contributed by atoms with Gasteiger partial charge in [-0.3, -0.25) is 19.2 Å². The fourth-order valence-electron chi connectivity index (χ4n) is 5.21. The van der Waals surface area contributed by atoms with Crippen LogP contribution in [0.15, 0.2) is 109 Å². The first kappa shape index (κ1) is 36.2. The van der Waals surface area contributed by atoms with E-state index < -0.39 is 29.3 Å². The van der Waals surface area contributed by atoms with Crippen LogP contribution in [0.4, 0.5) is 11.4 Å². The van der Waals surface area contributed by atoms with Gasteiger partial charge in [0.15, 0.2) is 0 Å². The van der Waals surface area contributed by atoms with Crippen LogP contribution in [0.1, 0.15) is 25.0 Å². The molecule has 256 valence electrons. The van der Waals surface area contributed by atoms with Crippen molar-refractivity contribution in [3.63, 3.8) is 0 Å². The molecule has 0 radical (unpaired) electrons. The van der Waals surface area contributed by atoms with Crippen LogP contribution in [0, 0.1) is 5.41 Å². The fraction of sp³-hybridized carbons (Fsp3) is 0.282. The minimum Gasteiger partial charge on any atom is -0.497 e. The van der Waals surface area contributed by atoms with Crippen LogP contribution in [0.25, 0.3) is 0 Å². The maximum absolute atomic E-state index is 13.9. The second-order valence-corrected chi connectivity index (χ2v) is 12.2. The van der Waals surface area contributed by atoms with Gasteiger partial charge >= 0.3 is 0 Å². The highest BCUT2D eigenvalue weighted by atomic mass is 16.5. The maximum atomic E-state index is 13.9. The van der Waals surface area contributed by atoms with E-state index in [1.54, 1.807) is 76.8 Å². The molecule has 4 rings (SSSR count). The van der Waals surface area contributed by atoms with Crippen molar-refractivity contribution in [2.45, 2.75) is 38.8 Å². The van der Waals surface area contributed by atoms with Gasteiger partial charge in [-0.15, -0.1) is 0 Å². The summed E-state index contributed by atoms with van der Waals surface area (Å²) in [7, 11) is 6.38. The monoisotopic (exact) mass is 664 g/mol. The molecule has 0 aliphatic rings. The number of likely N-dealkylation sites (N-methyl/N-ethyl adjacent to an activating group) is 2. The zero-order chi connectivity index (χ0) is 35.6. The van der Waals surface area contributed by atoms with Crippen molar-refractivity contribution in [2.24, 2.45) is 5.41 Å². The molecular weight excluding hydrogens is 620 g/mol. The van der Waals surface area contributed by atoms with Crippen LogP contribution < -0.4 is 29.9 Å². The number of benzene rings is 4. The Balaban J connectivity index is 1.56. The number of nitrogens with one attached hydrogen (secondary N) is 2. The molecule has 0 spiro atoms. The molecule has 0 bridgehead atoms. The largest absolute Gasteiger partial charge is 0.497 e. The summed E-state index contributed by atoms with van der Waals surface area (Å²) in [5, 5.41) is 5.70. The van der Waals surface area contributed by atoms with E-state index in [2.05, 4.69) is 10.6 Å². The summed E-state index contributed by atoms with van der Waals surface area (Å²) in [6, 6.07) is 30.7. The summed E-state index contributed by atoms with van der Waals surface area (Å²) in [5.41, 5.74) is 1.24. The number of nitrogens with zero attached hydrogens (tertiary/aromatic N) is 2. The van der Waals surface area contributed by atoms with Crippen LogP contribution in [-0.2, 0) is 32.0 Å². The Kier molecular flexibility index (Phi) is 12.2. The van der Waals surface area contributed by atoms with E-state index >= 15 is 0 Å². The van der Waals surface area contributed by atoms with Crippen LogP contribution in [0.5, 0.6) is 11.5 Å². The molecule has 0 saturated carbocycles. The van der Waals surface area contributed by atoms with Crippen molar-refractivity contribution < 1.29 is 28.7 Å². The second-order valence-electron chi connectivity index (χ2n) is 12.2. The van der Waals surface area contributed by atoms with Gasteiger partial charge in [-0.25, -0.2) is 0 Å². The van der Waals surface area contributed by atoms with Gasteiger partial charge < -0.3 is 29.9 Å². The Labute approximate surface area is 288 Å². The summed E-state index contributed by atoms with van der Waals surface area (Å²) in [6.45, 7) is 2.96. The summed E-state index contributed by atoms with van der Waals surface area (Å²) >= 11 is 0. The van der Waals surface area contributed by atoms with Gasteiger partial charge in [-0.2, -0.15) is 0 Å². The molecule has 0 aliphatic heterocycles. The van der Waals surface area contributed by atoms with E-state index in [0.29, 0.717) is 22.9 Å². The van der Waals surface area contributed by atoms with E-state index in [9.17, 15) is 19.2 Å². The SMILES string of the molecule is COc1ccc(N(C)C(=O)[C@H](Cc2ccccc2)NC(=O)C(C)(C)C(=O)N[C@@H](Cc2ccccc2)C(=O)N(C)c2ccc(OC)cc2)cc1. The van der Waals surface area contributed by atoms with Gasteiger partial charge in [0.2, 0.25) is 23.6 Å². The van der Waals surface area contributed by atoms with E-state index in [-0.39, 0.29) is 24.7 Å². The third kappa shape index (κ3) is 9.25. The van der Waals surface area contributed by atoms with E-state index in [1.165, 1.54) is 23.6 Å². The summed E-state index contributed by atoms with van der Waals surface area (Å²) in [5.74, 6) is -0.751. The molecule has 0 fully saturated rings. The molecule has 0 unspecified atom stereocenters. The van der Waals surface area contributed by atoms with Gasteiger partial charge in [-0.05, 0) is 73.5 Å². The molecule has 49 heavy (non-hydrogen) atoms. The molecular formula is C39H44N4O6. The number of anilines is 2. The molecule has 4 amide bonds. The van der Waals surface area contributed by atoms with Crippen molar-refractivity contribution in [1.29, 1.82) is 0 Å². The van der Waals surface area contributed by atoms with Crippen molar-refractivity contribution >= 4 is 35.0 Å². The standard InChI is InChI=1S/C39H44N4O6/c1-39(2,37(46)40-33(25-27-13-9-7-10-14-27)35(44)42(3)29-17-21-31(48-5)22-18-29)38(47)41-34(26-28-15-11-8-12-16-28)36(45)43(4)30-19-23-32(49-6)24-20-30/h7-24,33-34H,25-26H2,1-6H3,(H,40,46)(H,41,47)/t33-,34-/m0/s1. The first-order chi connectivity index (χ1) is 23.4. The molecule has 4 aromatic carbocycles. The zero-order valence-electron chi connectivity index (χ0n) is 28.8. The molecule has 10 heteroatoms. The molecule has 2 N–H and O–H groups in total. The Bertz CT molecular complexity index is 1580. The predicted molar refractivity (Wildman–Crippen MR) is 191 cm³/mol. The Morgan fingerprint density at radius 3 is 1.20 bits per heavy atom. The molecule has 0 heterocycles. The summed E-state index contributed by atoms with van der Waals surface area (Å²) < 4.78 is 10.5. The quantitative estimate of drug-likeness (QED) is 0.187. The van der Waals surface area contributed by atoms with E-state index in [4.69, 9.17) is 9.47 Å². The first-order valence-corrected chi connectivity index (χ1v) is 16.0. The van der Waals surface area contributed by atoms with Crippen molar-refractivity contribution in [2.75, 3.05) is 38.1 Å². The van der Waals surface area contributed by atoms with E-state index in [0.717, 1.165) is 11.1 Å². The molecule has 0 aromatic heterocycles. The van der Waals surface area contributed by atoms with Gasteiger partial charge in [-0.1, -0.05) is 60.7 Å². The molecule has 0 aliphatic carbocycles. The van der Waals surface area contributed by atoms with Gasteiger partial charge in [0.1, 0.15) is 29.0 Å². The highest BCUT2D eigenvalue weighted by molar-refractivity contribution is 6.08. The Hall–Kier alpha value is -5.64. The van der Waals surface area contributed by atoms with Crippen LogP contribution >= 0.6 is 0 Å². The first-order valence-electron chi connectivity index (χ1n) is 16.0. The average molecular weight is 665 g/mol. The van der Waals surface area contributed by atoms with Crippen LogP contribution in [0.2, 0.25) is 0 Å². The molecule has 4 aromatic rings. The summed E-state index contributed by atoms with van der Waals surface area (Å²) in [6.07, 6.45) is 0.400. The van der Waals surface area contributed by atoms with Crippen LogP contribution in [-0.4, -0.2) is 64.0 Å². The predicted octanol–water partition coefficient (Wildman–Crippen LogP) is 4.81. The smallest absolute Gasteiger partial charge is 0.249 e. The van der Waals surface area contributed by atoms with Gasteiger partial charge in [0.25, 0.3) is 0 Å². The number of hydrogen-bond donors (Lipinski definition) is 2. The number of methoxy groups -OCH3 is 2. The maximum Gasteiger partial charge on any atom is 0.249 e. The fourth-order valence-corrected chi connectivity index (χ4v) is 5.21. The lowest BCUT2D eigenvalue weighted by molar-refractivity contribution is -0.144. The number of rotatable bonds is 14. The van der Waals surface area contributed by atoms with Gasteiger partial charge in [0, 0.05) is 38.3 Å². The molecule has 10 nitrogen and oxygen atoms in total. The number of carbonyl (C=O) groups excluding carboxylic acids is 4. The highest BCUT2D eigenvalue weighted by Gasteiger charge is 2.40. The third-order valence-corrected chi connectivity index (χ3v) is 8.49. The van der Waals surface area contributed by atoms with E-state index in [1.807, 2.05) is 60.7 Å². The Morgan fingerprint density at radius 2 is 0.898 bits per heavy atom. The zero-order valence-corrected chi connectivity index (χ0v) is 28.8. The number of carbonyl (C=O) groups is 4. The van der Waals surface area contributed by atoms with Crippen molar-refractivity contribution in [3.05, 3.63) is 120 Å². The third-order valence-electron chi connectivity index (χ3n) is 8.49. The number of ether oxygens (including phenoxy) is 2. The second kappa shape index (κ2) is 16.5. The lowest BCUT2D eigenvalue weighted by atomic mass is 9.89. The average Bonchev–Trinajstić information content (AvgIpc) is 3.13. The summed E-state index contributed by atoms with van der Waals surface area (Å²) in [4.78, 5) is 58.5. The normalized spacial score (nSPS) is 12.2. The van der Waals surface area contributed by atoms with Crippen molar-refractivity contribution in [3.8, 4) is 11.5 Å². The minimum absolute atomic E-state index is 0.200. The topological polar surface area (TPSA) is 117 Å². The lowest BCUT2D eigenvalue weighted by Crippen LogP contribution is -2.58. The molecule has 2 atom stereocenters. The molecule has 0 saturated heterocycles. The van der Waals surface area contributed by atoms with Crippen LogP contribution in [0.3, 0.4) is 0 Å². The number of hydrogen-bond acceptors (Lipinski definition) is 6.